The fourth-order valence-corrected chi connectivity index (χ4v) is 3.39. The largest absolute Gasteiger partial charge is 0.371 e. The summed E-state index contributed by atoms with van der Waals surface area (Å²) in [5.41, 5.74) is 2.41. The second-order valence-corrected chi connectivity index (χ2v) is 6.50. The van der Waals surface area contributed by atoms with Crippen LogP contribution in [-0.4, -0.2) is 31.6 Å². The predicted octanol–water partition coefficient (Wildman–Crippen LogP) is 2.75. The summed E-state index contributed by atoms with van der Waals surface area (Å²) in [4.78, 5) is 12.5. The van der Waals surface area contributed by atoms with E-state index >= 15 is 0 Å². The van der Waals surface area contributed by atoms with Gasteiger partial charge in [0.1, 0.15) is 6.10 Å². The van der Waals surface area contributed by atoms with Gasteiger partial charge in [0.15, 0.2) is 0 Å². The lowest BCUT2D eigenvalue weighted by Crippen LogP contribution is -2.48. The lowest BCUT2D eigenvalue weighted by molar-refractivity contribution is -0.128. The molecule has 0 aromatic heterocycles. The highest BCUT2D eigenvalue weighted by Crippen LogP contribution is 2.29. The molecule has 2 saturated heterocycles. The Morgan fingerprint density at radius 1 is 1.22 bits per heavy atom. The number of carbonyl (C=O) groups is 1. The lowest BCUT2D eigenvalue weighted by Gasteiger charge is -2.34. The second-order valence-electron chi connectivity index (χ2n) is 6.50. The molecule has 2 aliphatic heterocycles. The fourth-order valence-electron chi connectivity index (χ4n) is 3.39. The molecular weight excluding hydrogens is 312 g/mol. The van der Waals surface area contributed by atoms with Crippen LogP contribution in [0, 0.1) is 12.8 Å². The van der Waals surface area contributed by atoms with Gasteiger partial charge in [-0.3, -0.25) is 4.79 Å². The Morgan fingerprint density at radius 3 is 2.70 bits per heavy atom. The van der Waals surface area contributed by atoms with Crippen LogP contribution in [0.4, 0.5) is 0 Å². The van der Waals surface area contributed by atoms with Crippen molar-refractivity contribution in [3.05, 3.63) is 35.4 Å². The Morgan fingerprint density at radius 2 is 2.00 bits per heavy atom. The van der Waals surface area contributed by atoms with Crippen molar-refractivity contribution in [1.29, 1.82) is 0 Å². The van der Waals surface area contributed by atoms with Gasteiger partial charge in [0, 0.05) is 13.2 Å². The number of hydrogen-bond donors (Lipinski definition) is 2. The summed E-state index contributed by atoms with van der Waals surface area (Å²) < 4.78 is 5.97. The summed E-state index contributed by atoms with van der Waals surface area (Å²) in [5.74, 6) is 0.286. The molecule has 0 radical (unpaired) electrons. The van der Waals surface area contributed by atoms with Crippen LogP contribution >= 0.6 is 12.4 Å². The van der Waals surface area contributed by atoms with E-state index in [0.717, 1.165) is 50.9 Å². The molecule has 3 rings (SSSR count). The number of benzene rings is 1. The van der Waals surface area contributed by atoms with Gasteiger partial charge in [-0.2, -0.15) is 0 Å². The number of amides is 1. The fraction of sp³-hybridized carbons (Fsp3) is 0.611. The Hall–Kier alpha value is -1.10. The Bertz CT molecular complexity index is 500. The molecule has 5 heteroatoms. The van der Waals surface area contributed by atoms with Crippen molar-refractivity contribution in [3.63, 3.8) is 0 Å². The summed E-state index contributed by atoms with van der Waals surface area (Å²) in [6.45, 7) is 4.69. The van der Waals surface area contributed by atoms with Crippen molar-refractivity contribution < 1.29 is 9.53 Å². The van der Waals surface area contributed by atoms with E-state index < -0.39 is 0 Å². The number of halogens is 1. The van der Waals surface area contributed by atoms with Crippen LogP contribution in [0.5, 0.6) is 0 Å². The van der Waals surface area contributed by atoms with E-state index in [9.17, 15) is 4.79 Å². The number of nitrogens with one attached hydrogen (secondary N) is 2. The van der Waals surface area contributed by atoms with Gasteiger partial charge in [0.2, 0.25) is 5.91 Å². The molecule has 1 amide bonds. The maximum Gasteiger partial charge on any atom is 0.224 e. The number of piperidine rings is 1. The molecule has 4 nitrogen and oxygen atoms in total. The summed E-state index contributed by atoms with van der Waals surface area (Å²) in [6.07, 6.45) is 4.05. The number of aryl methyl sites for hydroxylation is 1. The molecule has 0 bridgehead atoms. The molecule has 2 N–H and O–H groups in total. The molecule has 3 atom stereocenters. The molecule has 0 spiro atoms. The Kier molecular flexibility index (Phi) is 6.88. The van der Waals surface area contributed by atoms with Crippen molar-refractivity contribution in [2.24, 2.45) is 5.92 Å². The average molecular weight is 339 g/mol. The maximum absolute atomic E-state index is 12.5. The van der Waals surface area contributed by atoms with Crippen LogP contribution < -0.4 is 10.6 Å². The SMILES string of the molecule is Cc1ccc(C2OCCCC2NC(=O)C2CCCNC2)cc1.Cl. The minimum absolute atomic E-state index is 0. The van der Waals surface area contributed by atoms with Gasteiger partial charge in [-0.1, -0.05) is 29.8 Å². The van der Waals surface area contributed by atoms with Crippen LogP contribution in [0.15, 0.2) is 24.3 Å². The highest BCUT2D eigenvalue weighted by molar-refractivity contribution is 5.85. The third-order valence-electron chi connectivity index (χ3n) is 4.72. The van der Waals surface area contributed by atoms with Crippen LogP contribution in [0.2, 0.25) is 0 Å². The second kappa shape index (κ2) is 8.67. The average Bonchev–Trinajstić information content (AvgIpc) is 2.57. The first kappa shape index (κ1) is 18.2. The molecule has 0 aliphatic carbocycles. The molecular formula is C18H27ClN2O2. The van der Waals surface area contributed by atoms with E-state index in [1.165, 1.54) is 5.56 Å². The molecule has 128 valence electrons. The van der Waals surface area contributed by atoms with Crippen molar-refractivity contribution >= 4 is 18.3 Å². The molecule has 3 unspecified atom stereocenters. The first-order chi connectivity index (χ1) is 10.7. The summed E-state index contributed by atoms with van der Waals surface area (Å²) >= 11 is 0. The summed E-state index contributed by atoms with van der Waals surface area (Å²) in [7, 11) is 0. The van der Waals surface area contributed by atoms with Crippen molar-refractivity contribution in [1.82, 2.24) is 10.6 Å². The zero-order valence-electron chi connectivity index (χ0n) is 13.7. The standard InChI is InChI=1S/C18H26N2O2.ClH/c1-13-6-8-14(9-7-13)17-16(5-3-11-22-17)20-18(21)15-4-2-10-19-12-15;/h6-9,15-17,19H,2-5,10-12H2,1H3,(H,20,21);1H. The van der Waals surface area contributed by atoms with Gasteiger partial charge in [-0.25, -0.2) is 0 Å². The predicted molar refractivity (Wildman–Crippen MR) is 93.9 cm³/mol. The summed E-state index contributed by atoms with van der Waals surface area (Å²) in [5, 5.41) is 6.56. The van der Waals surface area contributed by atoms with E-state index in [2.05, 4.69) is 41.8 Å². The Balaban J connectivity index is 0.00000192. The highest BCUT2D eigenvalue weighted by atomic mass is 35.5. The lowest BCUT2D eigenvalue weighted by atomic mass is 9.93. The van der Waals surface area contributed by atoms with Crippen LogP contribution in [-0.2, 0) is 9.53 Å². The quantitative estimate of drug-likeness (QED) is 0.891. The topological polar surface area (TPSA) is 50.4 Å². The van der Waals surface area contributed by atoms with Crippen molar-refractivity contribution in [2.75, 3.05) is 19.7 Å². The molecule has 2 heterocycles. The van der Waals surface area contributed by atoms with Crippen LogP contribution in [0.25, 0.3) is 0 Å². The van der Waals surface area contributed by atoms with Crippen LogP contribution in [0.3, 0.4) is 0 Å². The van der Waals surface area contributed by atoms with Gasteiger partial charge in [-0.15, -0.1) is 12.4 Å². The van der Waals surface area contributed by atoms with Gasteiger partial charge >= 0.3 is 0 Å². The molecule has 1 aromatic carbocycles. The summed E-state index contributed by atoms with van der Waals surface area (Å²) in [6, 6.07) is 8.54. The van der Waals surface area contributed by atoms with Gasteiger partial charge in [-0.05, 0) is 44.7 Å². The van der Waals surface area contributed by atoms with E-state index in [1.807, 2.05) is 0 Å². The normalized spacial score (nSPS) is 27.8. The number of rotatable bonds is 3. The van der Waals surface area contributed by atoms with E-state index in [-0.39, 0.29) is 36.4 Å². The minimum atomic E-state index is -0.0187. The molecule has 2 fully saturated rings. The van der Waals surface area contributed by atoms with Gasteiger partial charge in [0.25, 0.3) is 0 Å². The highest BCUT2D eigenvalue weighted by Gasteiger charge is 2.31. The first-order valence-electron chi connectivity index (χ1n) is 8.43. The minimum Gasteiger partial charge on any atom is -0.371 e. The van der Waals surface area contributed by atoms with E-state index in [0.29, 0.717) is 0 Å². The number of ether oxygens (including phenoxy) is 1. The monoisotopic (exact) mass is 338 g/mol. The van der Waals surface area contributed by atoms with E-state index in [1.54, 1.807) is 0 Å². The molecule has 23 heavy (non-hydrogen) atoms. The number of carbonyl (C=O) groups excluding carboxylic acids is 1. The zero-order valence-corrected chi connectivity index (χ0v) is 14.5. The maximum atomic E-state index is 12.5. The number of hydrogen-bond acceptors (Lipinski definition) is 3. The zero-order chi connectivity index (χ0) is 15.4. The first-order valence-corrected chi connectivity index (χ1v) is 8.43. The van der Waals surface area contributed by atoms with Gasteiger partial charge in [0.05, 0.1) is 12.0 Å². The van der Waals surface area contributed by atoms with Crippen molar-refractivity contribution in [2.45, 2.75) is 44.8 Å². The third kappa shape index (κ3) is 4.69. The Labute approximate surface area is 144 Å². The molecule has 2 aliphatic rings. The van der Waals surface area contributed by atoms with Gasteiger partial charge < -0.3 is 15.4 Å². The van der Waals surface area contributed by atoms with Crippen LogP contribution in [0.1, 0.15) is 42.9 Å². The van der Waals surface area contributed by atoms with Crippen molar-refractivity contribution in [3.8, 4) is 0 Å². The third-order valence-corrected chi connectivity index (χ3v) is 4.72. The van der Waals surface area contributed by atoms with E-state index in [4.69, 9.17) is 4.74 Å². The molecule has 1 aromatic rings. The smallest absolute Gasteiger partial charge is 0.224 e. The molecule has 0 saturated carbocycles.